The molecule has 1 aliphatic heterocycles. The average molecular weight is 429 g/mol. The van der Waals surface area contributed by atoms with E-state index in [0.29, 0.717) is 45.9 Å². The molecule has 0 spiro atoms. The molecule has 0 bridgehead atoms. The highest BCUT2D eigenvalue weighted by Gasteiger charge is 2.35. The number of H-pyrrole nitrogens is 1. The molecule has 0 aliphatic carbocycles. The van der Waals surface area contributed by atoms with Gasteiger partial charge in [0.25, 0.3) is 17.4 Å². The first-order valence-corrected chi connectivity index (χ1v) is 10.0. The van der Waals surface area contributed by atoms with Gasteiger partial charge in [0.15, 0.2) is 5.82 Å². The number of nitrogens with zero attached hydrogens (tertiary/aromatic N) is 6. The van der Waals surface area contributed by atoms with Gasteiger partial charge in [-0.1, -0.05) is 30.3 Å². The molecular formula is C22H19N7O3. The van der Waals surface area contributed by atoms with E-state index in [4.69, 9.17) is 0 Å². The van der Waals surface area contributed by atoms with Crippen molar-refractivity contribution in [1.82, 2.24) is 29.9 Å². The number of benzene rings is 2. The van der Waals surface area contributed by atoms with Crippen LogP contribution in [0, 0.1) is 0 Å². The van der Waals surface area contributed by atoms with Crippen molar-refractivity contribution >= 4 is 28.5 Å². The zero-order chi connectivity index (χ0) is 22.4. The lowest BCUT2D eigenvalue weighted by Gasteiger charge is -2.21. The minimum absolute atomic E-state index is 0.213. The Labute approximate surface area is 182 Å². The van der Waals surface area contributed by atoms with Gasteiger partial charge in [-0.2, -0.15) is 5.10 Å². The fourth-order valence-electron chi connectivity index (χ4n) is 3.94. The van der Waals surface area contributed by atoms with Gasteiger partial charge in [0.1, 0.15) is 5.69 Å². The van der Waals surface area contributed by atoms with Crippen molar-refractivity contribution in [2.45, 2.75) is 0 Å². The largest absolute Gasteiger partial charge is 0.342 e. The molecule has 1 aliphatic rings. The maximum Gasteiger partial charge on any atom is 0.272 e. The van der Waals surface area contributed by atoms with Crippen molar-refractivity contribution in [3.63, 3.8) is 0 Å². The van der Waals surface area contributed by atoms with E-state index in [1.54, 1.807) is 48.0 Å². The molecule has 2 amide bonds. The Kier molecular flexibility index (Phi) is 4.54. The molecule has 0 unspecified atom stereocenters. The number of hydrogen-bond acceptors (Lipinski definition) is 7. The van der Waals surface area contributed by atoms with Crippen LogP contribution in [0.1, 0.15) is 20.7 Å². The fourth-order valence-corrected chi connectivity index (χ4v) is 3.94. The molecule has 10 heteroatoms. The number of imide groups is 1. The van der Waals surface area contributed by atoms with Crippen LogP contribution < -0.4 is 10.5 Å². The highest BCUT2D eigenvalue weighted by molar-refractivity contribution is 6.21. The summed E-state index contributed by atoms with van der Waals surface area (Å²) in [5, 5.41) is 16.4. The smallest absolute Gasteiger partial charge is 0.272 e. The van der Waals surface area contributed by atoms with E-state index in [9.17, 15) is 14.4 Å². The minimum atomic E-state index is -0.290. The van der Waals surface area contributed by atoms with Gasteiger partial charge in [0.2, 0.25) is 5.95 Å². The third-order valence-electron chi connectivity index (χ3n) is 5.64. The van der Waals surface area contributed by atoms with Crippen LogP contribution in [0.5, 0.6) is 0 Å². The minimum Gasteiger partial charge on any atom is -0.342 e. The lowest BCUT2D eigenvalue weighted by Crippen LogP contribution is -2.37. The van der Waals surface area contributed by atoms with Gasteiger partial charge in [-0.05, 0) is 18.2 Å². The van der Waals surface area contributed by atoms with Gasteiger partial charge in [0, 0.05) is 32.6 Å². The van der Waals surface area contributed by atoms with Gasteiger partial charge in [-0.3, -0.25) is 23.9 Å². The number of hydrogen-bond donors (Lipinski definition) is 1. The van der Waals surface area contributed by atoms with Crippen molar-refractivity contribution in [2.75, 3.05) is 25.0 Å². The van der Waals surface area contributed by atoms with E-state index in [2.05, 4.69) is 20.4 Å². The lowest BCUT2D eigenvalue weighted by molar-refractivity contribution is 0.0658. The Bertz CT molecular complexity index is 1400. The molecule has 0 atom stereocenters. The predicted molar refractivity (Wildman–Crippen MR) is 117 cm³/mol. The van der Waals surface area contributed by atoms with E-state index in [0.717, 1.165) is 0 Å². The third kappa shape index (κ3) is 2.96. The Hall–Kier alpha value is -4.34. The van der Waals surface area contributed by atoms with Gasteiger partial charge >= 0.3 is 0 Å². The topological polar surface area (TPSA) is 117 Å². The molecule has 2 aromatic heterocycles. The van der Waals surface area contributed by atoms with Crippen LogP contribution in [0.15, 0.2) is 53.3 Å². The number of aromatic nitrogens is 5. The number of anilines is 1. The lowest BCUT2D eigenvalue weighted by atomic mass is 10.1. The number of carbonyl (C=O) groups is 2. The number of rotatable bonds is 5. The summed E-state index contributed by atoms with van der Waals surface area (Å²) in [6.45, 7) is 0.585. The van der Waals surface area contributed by atoms with E-state index < -0.39 is 0 Å². The highest BCUT2D eigenvalue weighted by atomic mass is 16.2. The van der Waals surface area contributed by atoms with E-state index in [1.807, 2.05) is 24.1 Å². The van der Waals surface area contributed by atoms with E-state index >= 15 is 0 Å². The number of nitrogens with one attached hydrogen (secondary N) is 1. The van der Waals surface area contributed by atoms with Crippen LogP contribution in [0.3, 0.4) is 0 Å². The summed E-state index contributed by atoms with van der Waals surface area (Å²) in [7, 11) is 3.61. The Morgan fingerprint density at radius 1 is 0.906 bits per heavy atom. The predicted octanol–water partition coefficient (Wildman–Crippen LogP) is 1.45. The van der Waals surface area contributed by atoms with Crippen molar-refractivity contribution in [3.8, 4) is 11.5 Å². The number of amides is 2. The molecule has 1 N–H and O–H groups in total. The van der Waals surface area contributed by atoms with Crippen molar-refractivity contribution < 1.29 is 9.59 Å². The SMILES string of the molecule is CN(CCN1C(=O)c2ccccc2C1=O)c1nnc(-c2n[nH]c(=O)c3ccccc23)n1C. The second kappa shape index (κ2) is 7.41. The van der Waals surface area contributed by atoms with Crippen molar-refractivity contribution in [3.05, 3.63) is 70.0 Å². The summed E-state index contributed by atoms with van der Waals surface area (Å²) >= 11 is 0. The quantitative estimate of drug-likeness (QED) is 0.477. The number of carbonyl (C=O) groups excluding carboxylic acids is 2. The first-order valence-electron chi connectivity index (χ1n) is 10.0. The van der Waals surface area contributed by atoms with Gasteiger partial charge in [-0.15, -0.1) is 10.2 Å². The molecule has 2 aromatic carbocycles. The standard InChI is InChI=1S/C22H19N7O3/c1-27(11-12-29-20(31)15-9-5-6-10-16(15)21(29)32)22-26-24-18(28(22)2)17-13-7-3-4-8-14(13)19(30)25-23-17/h3-10H,11-12H2,1-2H3,(H,25,30). The Balaban J connectivity index is 1.39. The summed E-state index contributed by atoms with van der Waals surface area (Å²) in [6.07, 6.45) is 0. The molecule has 4 aromatic rings. The van der Waals surface area contributed by atoms with Crippen LogP contribution >= 0.6 is 0 Å². The van der Waals surface area contributed by atoms with Gasteiger partial charge in [-0.25, -0.2) is 5.10 Å². The zero-order valence-electron chi connectivity index (χ0n) is 17.4. The maximum atomic E-state index is 12.6. The zero-order valence-corrected chi connectivity index (χ0v) is 17.4. The highest BCUT2D eigenvalue weighted by Crippen LogP contribution is 2.25. The van der Waals surface area contributed by atoms with Crippen LogP contribution in [0.2, 0.25) is 0 Å². The molecule has 10 nitrogen and oxygen atoms in total. The van der Waals surface area contributed by atoms with Crippen molar-refractivity contribution in [1.29, 1.82) is 0 Å². The second-order valence-corrected chi connectivity index (χ2v) is 7.56. The number of fused-ring (bicyclic) bond motifs is 2. The first kappa shape index (κ1) is 19.6. The monoisotopic (exact) mass is 429 g/mol. The Morgan fingerprint density at radius 3 is 2.22 bits per heavy atom. The van der Waals surface area contributed by atoms with Gasteiger partial charge in [0.05, 0.1) is 16.5 Å². The molecule has 32 heavy (non-hydrogen) atoms. The van der Waals surface area contributed by atoms with Crippen LogP contribution in [-0.4, -0.2) is 61.8 Å². The third-order valence-corrected chi connectivity index (χ3v) is 5.64. The van der Waals surface area contributed by atoms with E-state index in [-0.39, 0.29) is 23.9 Å². The van der Waals surface area contributed by atoms with Crippen LogP contribution in [0.25, 0.3) is 22.3 Å². The molecule has 0 saturated carbocycles. The average Bonchev–Trinajstić information content (AvgIpc) is 3.30. The summed E-state index contributed by atoms with van der Waals surface area (Å²) in [4.78, 5) is 40.3. The van der Waals surface area contributed by atoms with Crippen LogP contribution in [0.4, 0.5) is 5.95 Å². The van der Waals surface area contributed by atoms with E-state index in [1.165, 1.54) is 4.90 Å². The Morgan fingerprint density at radius 2 is 1.53 bits per heavy atom. The summed E-state index contributed by atoms with van der Waals surface area (Å²) in [5.74, 6) is 0.442. The number of aromatic amines is 1. The van der Waals surface area contributed by atoms with Gasteiger partial charge < -0.3 is 4.90 Å². The summed E-state index contributed by atoms with van der Waals surface area (Å²) < 4.78 is 1.76. The summed E-state index contributed by atoms with van der Waals surface area (Å²) in [5.41, 5.74) is 1.09. The molecule has 0 fully saturated rings. The van der Waals surface area contributed by atoms with Crippen molar-refractivity contribution in [2.24, 2.45) is 7.05 Å². The number of likely N-dealkylation sites (N-methyl/N-ethyl adjacent to an activating group) is 1. The fraction of sp³-hybridized carbons (Fsp3) is 0.182. The maximum absolute atomic E-state index is 12.6. The molecule has 0 radical (unpaired) electrons. The van der Waals surface area contributed by atoms with Crippen LogP contribution in [-0.2, 0) is 7.05 Å². The normalized spacial score (nSPS) is 13.1. The molecular weight excluding hydrogens is 410 g/mol. The molecule has 0 saturated heterocycles. The second-order valence-electron chi connectivity index (χ2n) is 7.56. The first-order chi connectivity index (χ1) is 15.5. The summed E-state index contributed by atoms with van der Waals surface area (Å²) in [6, 6.07) is 14.0. The molecule has 3 heterocycles. The molecule has 160 valence electrons. The molecule has 5 rings (SSSR count).